The molecule has 6 nitrogen and oxygen atoms in total. The number of aliphatic hydroxyl groups is 1. The Kier molecular flexibility index (Phi) is 5.34. The van der Waals surface area contributed by atoms with Gasteiger partial charge in [0.1, 0.15) is 17.9 Å². The standard InChI is InChI=1S/C18H25FN4O2/c1-14(2)23-12-17(20-21-23)18(24)8-5-9-22(13-18)10-11-25-16-7-4-3-6-15(16)19/h3-4,6-7,12,14,24H,5,8-11,13H2,1-2H3. The van der Waals surface area contributed by atoms with Crippen molar-refractivity contribution in [2.75, 3.05) is 26.2 Å². The second-order valence-electron chi connectivity index (χ2n) is 6.87. The Morgan fingerprint density at radius 3 is 2.88 bits per heavy atom. The Labute approximate surface area is 147 Å². The molecule has 25 heavy (non-hydrogen) atoms. The van der Waals surface area contributed by atoms with Crippen molar-refractivity contribution < 1.29 is 14.2 Å². The first-order valence-electron chi connectivity index (χ1n) is 8.72. The normalized spacial score (nSPS) is 21.6. The van der Waals surface area contributed by atoms with E-state index >= 15 is 0 Å². The fourth-order valence-electron chi connectivity index (χ4n) is 3.11. The van der Waals surface area contributed by atoms with Crippen LogP contribution in [-0.2, 0) is 5.60 Å². The predicted molar refractivity (Wildman–Crippen MR) is 91.9 cm³/mol. The molecule has 0 amide bonds. The maximum atomic E-state index is 13.6. The molecule has 1 N–H and O–H groups in total. The Hall–Kier alpha value is -1.99. The number of piperidine rings is 1. The molecular weight excluding hydrogens is 323 g/mol. The van der Waals surface area contributed by atoms with Gasteiger partial charge in [-0.25, -0.2) is 9.07 Å². The summed E-state index contributed by atoms with van der Waals surface area (Å²) in [5.74, 6) is -0.0994. The number of nitrogens with zero attached hydrogens (tertiary/aromatic N) is 4. The monoisotopic (exact) mass is 348 g/mol. The third-order valence-electron chi connectivity index (χ3n) is 4.57. The molecule has 1 aromatic heterocycles. The first-order valence-corrected chi connectivity index (χ1v) is 8.72. The summed E-state index contributed by atoms with van der Waals surface area (Å²) in [6, 6.07) is 6.59. The Balaban J connectivity index is 1.57. The molecule has 0 aliphatic carbocycles. The van der Waals surface area contributed by atoms with E-state index in [0.717, 1.165) is 13.0 Å². The molecule has 7 heteroatoms. The number of ether oxygens (including phenoxy) is 1. The van der Waals surface area contributed by atoms with Gasteiger partial charge in [0, 0.05) is 19.1 Å². The number of rotatable bonds is 6. The molecule has 1 saturated heterocycles. The van der Waals surface area contributed by atoms with Crippen molar-refractivity contribution in [2.45, 2.75) is 38.3 Å². The molecule has 3 rings (SSSR count). The summed E-state index contributed by atoms with van der Waals surface area (Å²) in [6.07, 6.45) is 3.35. The highest BCUT2D eigenvalue weighted by molar-refractivity contribution is 5.23. The van der Waals surface area contributed by atoms with E-state index in [1.54, 1.807) is 22.9 Å². The fraction of sp³-hybridized carbons (Fsp3) is 0.556. The second kappa shape index (κ2) is 7.49. The van der Waals surface area contributed by atoms with E-state index in [2.05, 4.69) is 15.2 Å². The van der Waals surface area contributed by atoms with E-state index in [-0.39, 0.29) is 17.6 Å². The van der Waals surface area contributed by atoms with Gasteiger partial charge in [-0.3, -0.25) is 4.90 Å². The second-order valence-corrected chi connectivity index (χ2v) is 6.87. The molecule has 0 radical (unpaired) electrons. The smallest absolute Gasteiger partial charge is 0.165 e. The molecule has 1 aliphatic heterocycles. The summed E-state index contributed by atoms with van der Waals surface area (Å²) in [6.45, 7) is 6.39. The number of benzene rings is 1. The average molecular weight is 348 g/mol. The third-order valence-corrected chi connectivity index (χ3v) is 4.57. The van der Waals surface area contributed by atoms with Gasteiger partial charge in [-0.1, -0.05) is 17.3 Å². The minimum absolute atomic E-state index is 0.207. The molecule has 2 aromatic rings. The van der Waals surface area contributed by atoms with Crippen LogP contribution in [0.5, 0.6) is 5.75 Å². The number of aromatic nitrogens is 3. The summed E-state index contributed by atoms with van der Waals surface area (Å²) < 4.78 is 20.8. The van der Waals surface area contributed by atoms with Gasteiger partial charge in [0.2, 0.25) is 0 Å². The maximum absolute atomic E-state index is 13.6. The molecule has 0 bridgehead atoms. The highest BCUT2D eigenvalue weighted by Gasteiger charge is 2.37. The van der Waals surface area contributed by atoms with Crippen molar-refractivity contribution in [1.29, 1.82) is 0 Å². The van der Waals surface area contributed by atoms with Crippen molar-refractivity contribution in [1.82, 2.24) is 19.9 Å². The molecule has 1 aliphatic rings. The lowest BCUT2D eigenvalue weighted by molar-refractivity contribution is -0.0413. The van der Waals surface area contributed by atoms with Crippen LogP contribution < -0.4 is 4.74 Å². The van der Waals surface area contributed by atoms with Crippen molar-refractivity contribution in [3.8, 4) is 5.75 Å². The number of β-amino-alcohol motifs (C(OH)–C–C–N with tert-alkyl or cyclic N) is 1. The summed E-state index contributed by atoms with van der Waals surface area (Å²) in [5.41, 5.74) is -0.385. The molecule has 136 valence electrons. The topological polar surface area (TPSA) is 63.4 Å². The lowest BCUT2D eigenvalue weighted by Gasteiger charge is -2.37. The van der Waals surface area contributed by atoms with Crippen LogP contribution >= 0.6 is 0 Å². The zero-order valence-corrected chi connectivity index (χ0v) is 14.7. The van der Waals surface area contributed by atoms with Gasteiger partial charge in [-0.15, -0.1) is 5.10 Å². The molecule has 2 heterocycles. The number of hydrogen-bond donors (Lipinski definition) is 1. The highest BCUT2D eigenvalue weighted by atomic mass is 19.1. The van der Waals surface area contributed by atoms with Crippen LogP contribution in [0.2, 0.25) is 0 Å². The predicted octanol–water partition coefficient (Wildman–Crippen LogP) is 2.36. The lowest BCUT2D eigenvalue weighted by Crippen LogP contribution is -2.47. The SMILES string of the molecule is CC(C)n1cc(C2(O)CCCN(CCOc3ccccc3F)C2)nn1. The van der Waals surface area contributed by atoms with Crippen LogP contribution in [0.15, 0.2) is 30.5 Å². The first kappa shape index (κ1) is 17.8. The Morgan fingerprint density at radius 1 is 1.36 bits per heavy atom. The van der Waals surface area contributed by atoms with Crippen molar-refractivity contribution >= 4 is 0 Å². The van der Waals surface area contributed by atoms with Gasteiger partial charge in [0.15, 0.2) is 11.6 Å². The zero-order chi connectivity index (χ0) is 17.9. The van der Waals surface area contributed by atoms with Crippen LogP contribution in [-0.4, -0.2) is 51.2 Å². The minimum atomic E-state index is -0.997. The number of hydrogen-bond acceptors (Lipinski definition) is 5. The van der Waals surface area contributed by atoms with E-state index in [0.29, 0.717) is 31.8 Å². The van der Waals surface area contributed by atoms with Crippen LogP contribution in [0.3, 0.4) is 0 Å². The van der Waals surface area contributed by atoms with Crippen molar-refractivity contribution in [2.24, 2.45) is 0 Å². The molecule has 1 aromatic carbocycles. The number of likely N-dealkylation sites (tertiary alicyclic amines) is 1. The average Bonchev–Trinajstić information content (AvgIpc) is 3.08. The summed E-state index contributed by atoms with van der Waals surface area (Å²) in [7, 11) is 0. The van der Waals surface area contributed by atoms with E-state index < -0.39 is 5.60 Å². The largest absolute Gasteiger partial charge is 0.489 e. The summed E-state index contributed by atoms with van der Waals surface area (Å²) in [5, 5.41) is 19.3. The molecule has 0 spiro atoms. The molecular formula is C18H25FN4O2. The number of halogens is 1. The number of para-hydroxylation sites is 1. The van der Waals surface area contributed by atoms with Crippen molar-refractivity contribution in [3.05, 3.63) is 42.0 Å². The Bertz CT molecular complexity index is 706. The molecule has 1 unspecified atom stereocenters. The maximum Gasteiger partial charge on any atom is 0.165 e. The lowest BCUT2D eigenvalue weighted by atomic mass is 9.90. The van der Waals surface area contributed by atoms with Gasteiger partial charge in [0.05, 0.1) is 6.20 Å². The molecule has 0 saturated carbocycles. The van der Waals surface area contributed by atoms with Crippen LogP contribution in [0, 0.1) is 5.82 Å². The first-order chi connectivity index (χ1) is 12.0. The van der Waals surface area contributed by atoms with Crippen LogP contribution in [0.4, 0.5) is 4.39 Å². The zero-order valence-electron chi connectivity index (χ0n) is 14.7. The van der Waals surface area contributed by atoms with Crippen LogP contribution in [0.1, 0.15) is 38.4 Å². The highest BCUT2D eigenvalue weighted by Crippen LogP contribution is 2.30. The fourth-order valence-corrected chi connectivity index (χ4v) is 3.11. The molecule has 1 fully saturated rings. The Morgan fingerprint density at radius 2 is 2.16 bits per heavy atom. The van der Waals surface area contributed by atoms with Gasteiger partial charge >= 0.3 is 0 Å². The van der Waals surface area contributed by atoms with E-state index in [9.17, 15) is 9.50 Å². The summed E-state index contributed by atoms with van der Waals surface area (Å²) >= 11 is 0. The van der Waals surface area contributed by atoms with Gasteiger partial charge in [-0.05, 0) is 45.4 Å². The van der Waals surface area contributed by atoms with E-state index in [1.165, 1.54) is 6.07 Å². The molecule has 1 atom stereocenters. The van der Waals surface area contributed by atoms with E-state index in [1.807, 2.05) is 20.0 Å². The van der Waals surface area contributed by atoms with Crippen LogP contribution in [0.25, 0.3) is 0 Å². The quantitative estimate of drug-likeness (QED) is 0.868. The third kappa shape index (κ3) is 4.16. The van der Waals surface area contributed by atoms with Gasteiger partial charge in [-0.2, -0.15) is 0 Å². The van der Waals surface area contributed by atoms with Crippen molar-refractivity contribution in [3.63, 3.8) is 0 Å². The minimum Gasteiger partial charge on any atom is -0.489 e. The van der Waals surface area contributed by atoms with Gasteiger partial charge < -0.3 is 9.84 Å². The van der Waals surface area contributed by atoms with E-state index in [4.69, 9.17) is 4.74 Å². The van der Waals surface area contributed by atoms with Gasteiger partial charge in [0.25, 0.3) is 0 Å². The summed E-state index contributed by atoms with van der Waals surface area (Å²) in [4.78, 5) is 2.12.